The van der Waals surface area contributed by atoms with Gasteiger partial charge < -0.3 is 33.8 Å². The zero-order valence-electron chi connectivity index (χ0n) is 49.2. The summed E-state index contributed by atoms with van der Waals surface area (Å²) in [6.45, 7) is 12.0. The number of benzene rings is 9. The Morgan fingerprint density at radius 2 is 0.694 bits per heavy atom. The van der Waals surface area contributed by atoms with E-state index in [1.807, 2.05) is 118 Å². The van der Waals surface area contributed by atoms with Gasteiger partial charge in [-0.25, -0.2) is 0 Å². The first-order chi connectivity index (χ1) is 40.5. The van der Waals surface area contributed by atoms with Gasteiger partial charge in [-0.1, -0.05) is 192 Å². The van der Waals surface area contributed by atoms with Crippen LogP contribution in [0.15, 0.2) is 256 Å². The van der Waals surface area contributed by atoms with Crippen LogP contribution in [0.2, 0.25) is 0 Å². The number of hydrogen-bond acceptors (Lipinski definition) is 9. The maximum Gasteiger partial charge on any atom is 1.00 e. The van der Waals surface area contributed by atoms with Crippen molar-refractivity contribution in [2.45, 2.75) is 47.4 Å². The van der Waals surface area contributed by atoms with Gasteiger partial charge in [-0.3, -0.25) is 9.36 Å². The first-order valence-corrected chi connectivity index (χ1v) is 33.2. The molecular weight excluding hydrogens is 1370 g/mol. The summed E-state index contributed by atoms with van der Waals surface area (Å²) in [5, 5.41) is 1.52. The second kappa shape index (κ2) is 43.1. The van der Waals surface area contributed by atoms with Gasteiger partial charge in [-0.15, -0.1) is 0 Å². The van der Waals surface area contributed by atoms with Gasteiger partial charge in [-0.05, 0) is 185 Å². The summed E-state index contributed by atoms with van der Waals surface area (Å²) < 4.78 is 41.3. The SMILES string of the molecule is BrCc1ccc(Br)cc1.Brc1ccc(/C=C/c2ccc(N(c3ccccc3)c3ccccc3)cc2)cc1.C.CCOP(=O)(OCC)c1ccc(Br)cc1.CCOP(OCC)OCC.O=Cc1ccc(N(c2ccccc2)c2ccccc2)cc1.[H-].[Na+]. The summed E-state index contributed by atoms with van der Waals surface area (Å²) in [4.78, 5) is 15.2. The standard InChI is InChI=1S/C26H20BrN.C19H15NO.C10H14BrO3P.C7H6Br2.C6H15O3P.CH4.Na.H/c27-23-17-13-21(14-18-23)11-12-22-15-19-26(20-16-22)28(24-7-3-1-4-8-24)25-9-5-2-6-10-25;21-15-16-11-13-19(14-12-16)20(17-7-3-1-4-8-17)18-9-5-2-6-10-18;1-3-13-15(12,14-4-2)10-7-5-9(11)6-8-10;8-5-6-1-3-7(9)4-2-6;1-4-7-10(8-5-2)9-6-3;;;/h1-20H;1-15H;5-8H,3-4H2,1-2H3;1-4H,5H2;4-6H2,1-3H3;1H4;;/q;;;;;;+1;-1/b12-11+;;;;;;;. The van der Waals surface area contributed by atoms with E-state index in [1.54, 1.807) is 26.0 Å². The van der Waals surface area contributed by atoms with Gasteiger partial charge in [0.2, 0.25) is 0 Å². The van der Waals surface area contributed by atoms with Gasteiger partial charge >= 0.3 is 45.8 Å². The first-order valence-electron chi connectivity index (χ1n) is 27.0. The molecule has 9 nitrogen and oxygen atoms in total. The maximum atomic E-state index is 12.3. The van der Waals surface area contributed by atoms with Crippen molar-refractivity contribution in [1.29, 1.82) is 0 Å². The summed E-state index contributed by atoms with van der Waals surface area (Å²) in [6, 6.07) is 81.2. The third-order valence-corrected chi connectivity index (χ3v) is 17.1. The average Bonchev–Trinajstić information content (AvgIpc) is 3.68. The van der Waals surface area contributed by atoms with Crippen molar-refractivity contribution in [3.63, 3.8) is 0 Å². The fourth-order valence-corrected chi connectivity index (χ4v) is 11.1. The van der Waals surface area contributed by atoms with E-state index in [-0.39, 0.29) is 38.4 Å². The Labute approximate surface area is 564 Å². The molecule has 442 valence electrons. The molecule has 85 heavy (non-hydrogen) atoms. The predicted octanol–water partition coefficient (Wildman–Crippen LogP) is 19.8. The third-order valence-electron chi connectivity index (χ3n) is 11.3. The number of anilines is 6. The zero-order valence-corrected chi connectivity index (χ0v) is 58.4. The van der Waals surface area contributed by atoms with Gasteiger partial charge in [0, 0.05) is 58.4 Å². The zero-order chi connectivity index (χ0) is 59.5. The monoisotopic (exact) mass is 1440 g/mol. The minimum Gasteiger partial charge on any atom is -1.00 e. The number of halogens is 4. The molecule has 0 N–H and O–H groups in total. The molecule has 0 bridgehead atoms. The molecule has 0 spiro atoms. The van der Waals surface area contributed by atoms with E-state index in [9.17, 15) is 9.36 Å². The summed E-state index contributed by atoms with van der Waals surface area (Å²) in [5.41, 5.74) is 11.0. The van der Waals surface area contributed by atoms with Gasteiger partial charge in [0.1, 0.15) is 6.29 Å². The Kier molecular flexibility index (Phi) is 37.8. The molecule has 0 saturated heterocycles. The molecule has 0 radical (unpaired) electrons. The van der Waals surface area contributed by atoms with Crippen molar-refractivity contribution >= 4 is 138 Å². The maximum absolute atomic E-state index is 12.3. The van der Waals surface area contributed by atoms with Crippen LogP contribution in [0, 0.1) is 0 Å². The van der Waals surface area contributed by atoms with Crippen molar-refractivity contribution in [3.8, 4) is 0 Å². The number of rotatable bonds is 21. The van der Waals surface area contributed by atoms with Crippen LogP contribution in [0.4, 0.5) is 34.1 Å². The third kappa shape index (κ3) is 26.7. The Balaban J connectivity index is 0.000000387. The topological polar surface area (TPSA) is 86.8 Å². The van der Waals surface area contributed by atoms with E-state index in [1.165, 1.54) is 16.7 Å². The van der Waals surface area contributed by atoms with E-state index >= 15 is 0 Å². The van der Waals surface area contributed by atoms with Crippen LogP contribution in [0.5, 0.6) is 0 Å². The summed E-state index contributed by atoms with van der Waals surface area (Å²) >= 11 is 13.5. The quantitative estimate of drug-likeness (QED) is 0.0229. The van der Waals surface area contributed by atoms with Crippen LogP contribution < -0.4 is 44.7 Å². The van der Waals surface area contributed by atoms with Crippen LogP contribution in [-0.4, -0.2) is 39.3 Å². The van der Waals surface area contributed by atoms with Crippen molar-refractivity contribution in [2.24, 2.45) is 0 Å². The smallest absolute Gasteiger partial charge is 1.00 e. The number of hydrogen-bond donors (Lipinski definition) is 0. The second-order valence-corrected chi connectivity index (χ2v) is 23.8. The molecule has 0 atom stereocenters. The van der Waals surface area contributed by atoms with Crippen LogP contribution in [-0.2, 0) is 32.5 Å². The minimum atomic E-state index is -3.11. The molecule has 0 aliphatic heterocycles. The Hall–Kier alpha value is -4.63. The molecule has 9 aromatic rings. The first kappa shape index (κ1) is 74.6. The molecule has 0 aliphatic rings. The fraction of sp³-hybridized carbons (Fsp3) is 0.174. The molecule has 0 amide bonds. The van der Waals surface area contributed by atoms with Gasteiger partial charge in [0.25, 0.3) is 0 Å². The van der Waals surface area contributed by atoms with E-state index in [0.29, 0.717) is 43.9 Å². The van der Waals surface area contributed by atoms with Gasteiger partial charge in [0.05, 0.1) is 38.3 Å². The van der Waals surface area contributed by atoms with Gasteiger partial charge in [-0.2, -0.15) is 0 Å². The summed E-state index contributed by atoms with van der Waals surface area (Å²) in [5.74, 6) is 0. The molecule has 0 heterocycles. The molecule has 0 fully saturated rings. The van der Waals surface area contributed by atoms with Crippen molar-refractivity contribution in [1.82, 2.24) is 0 Å². The van der Waals surface area contributed by atoms with Crippen LogP contribution in [0.1, 0.15) is 70.5 Å². The Bertz CT molecular complexity index is 3160. The van der Waals surface area contributed by atoms with E-state index in [2.05, 4.69) is 219 Å². The number of carbonyl (C=O) groups is 1. The molecule has 0 aliphatic carbocycles. The average molecular weight is 1450 g/mol. The fourth-order valence-electron chi connectivity index (χ4n) is 7.56. The molecule has 9 aromatic carbocycles. The van der Waals surface area contributed by atoms with Crippen molar-refractivity contribution in [3.05, 3.63) is 278 Å². The minimum absolute atomic E-state index is 0. The Morgan fingerprint density at radius 3 is 0.988 bits per heavy atom. The molecule has 0 unspecified atom stereocenters. The Morgan fingerprint density at radius 1 is 0.412 bits per heavy atom. The summed E-state index contributed by atoms with van der Waals surface area (Å²) in [6.07, 6.45) is 5.13. The normalized spacial score (nSPS) is 10.4. The number of para-hydroxylation sites is 4. The van der Waals surface area contributed by atoms with Crippen LogP contribution in [0.25, 0.3) is 12.2 Å². The van der Waals surface area contributed by atoms with Crippen molar-refractivity contribution in [2.75, 3.05) is 42.8 Å². The van der Waals surface area contributed by atoms with Gasteiger partial charge in [0.15, 0.2) is 0 Å². The van der Waals surface area contributed by atoms with E-state index in [4.69, 9.17) is 22.6 Å². The largest absolute Gasteiger partial charge is 1.00 e. The predicted molar refractivity (Wildman–Crippen MR) is 372 cm³/mol. The second-order valence-electron chi connectivity index (χ2n) is 17.2. The number of carbonyl (C=O) groups excluding carboxylic acids is 1. The summed E-state index contributed by atoms with van der Waals surface area (Å²) in [7, 11) is -4.17. The molecule has 0 saturated carbocycles. The van der Waals surface area contributed by atoms with Crippen LogP contribution >= 0.6 is 79.9 Å². The van der Waals surface area contributed by atoms with Crippen LogP contribution in [0.3, 0.4) is 0 Å². The number of nitrogens with zero attached hydrogens (tertiary/aromatic N) is 2. The van der Waals surface area contributed by atoms with E-state index < -0.39 is 16.2 Å². The number of aldehydes is 1. The molecule has 0 aromatic heterocycles. The number of alkyl halides is 1. The molecular formula is C69H75Br4N2NaO7P2. The molecule has 9 rings (SSSR count). The molecule has 16 heteroatoms. The van der Waals surface area contributed by atoms with Crippen molar-refractivity contribution < 1.29 is 63.0 Å². The van der Waals surface area contributed by atoms with E-state index in [0.717, 1.165) is 59.2 Å².